The quantitative estimate of drug-likeness (QED) is 0.391. The molecular weight excluding hydrogens is 378 g/mol. The number of aryl methyl sites for hydroxylation is 1. The van der Waals surface area contributed by atoms with Gasteiger partial charge in [-0.15, -0.1) is 0 Å². The number of carbonyl (C=O) groups excluding carboxylic acids is 1. The summed E-state index contributed by atoms with van der Waals surface area (Å²) >= 11 is 6.71. The zero-order chi connectivity index (χ0) is 19.4. The number of methoxy groups -OCH3 is 1. The molecule has 0 spiro atoms. The average molecular weight is 398 g/mol. The topological polar surface area (TPSA) is 38.8 Å². The van der Waals surface area contributed by atoms with E-state index in [0.717, 1.165) is 16.8 Å². The lowest BCUT2D eigenvalue weighted by atomic mass is 10.1. The molecule has 1 heterocycles. The number of nitrogens with zero attached hydrogens (tertiary/aromatic N) is 1. The van der Waals surface area contributed by atoms with Crippen molar-refractivity contribution < 1.29 is 14.3 Å². The summed E-state index contributed by atoms with van der Waals surface area (Å²) in [5.74, 6) is 1.02. The number of amides is 1. The van der Waals surface area contributed by atoms with Gasteiger partial charge in [0.1, 0.15) is 6.61 Å². The van der Waals surface area contributed by atoms with Gasteiger partial charge in [0.2, 0.25) is 0 Å². The molecule has 6 heteroatoms. The molecule has 1 fully saturated rings. The van der Waals surface area contributed by atoms with Gasteiger partial charge in [-0.05, 0) is 31.2 Å². The molecule has 1 amide bonds. The van der Waals surface area contributed by atoms with E-state index in [0.29, 0.717) is 27.3 Å². The summed E-state index contributed by atoms with van der Waals surface area (Å²) < 4.78 is 11.6. The molecule has 0 atom stereocenters. The van der Waals surface area contributed by atoms with Gasteiger partial charge in [0.15, 0.2) is 15.8 Å². The molecule has 2 aromatic carbocycles. The van der Waals surface area contributed by atoms with Crippen LogP contribution in [0.1, 0.15) is 11.1 Å². The lowest BCUT2D eigenvalue weighted by molar-refractivity contribution is -0.113. The number of hydrogen-bond acceptors (Lipinski definition) is 5. The van der Waals surface area contributed by atoms with Crippen molar-refractivity contribution in [1.29, 1.82) is 0 Å². The summed E-state index contributed by atoms with van der Waals surface area (Å²) in [5.41, 5.74) is 2.64. The van der Waals surface area contributed by atoms with Crippen LogP contribution in [0.25, 0.3) is 6.08 Å². The van der Waals surface area contributed by atoms with E-state index in [1.807, 2.05) is 49.4 Å². The second kappa shape index (κ2) is 8.41. The van der Waals surface area contributed by atoms with Gasteiger partial charge in [-0.3, -0.25) is 9.69 Å². The van der Waals surface area contributed by atoms with E-state index >= 15 is 0 Å². The third kappa shape index (κ3) is 4.07. The molecule has 138 valence electrons. The molecular formula is C21H19NO3S2. The fourth-order valence-corrected chi connectivity index (χ4v) is 3.92. The zero-order valence-electron chi connectivity index (χ0n) is 15.1. The minimum absolute atomic E-state index is 0.147. The zero-order valence-corrected chi connectivity index (χ0v) is 16.7. The highest BCUT2D eigenvalue weighted by molar-refractivity contribution is 8.27. The Labute approximate surface area is 168 Å². The van der Waals surface area contributed by atoms with Gasteiger partial charge >= 0.3 is 0 Å². The minimum Gasteiger partial charge on any atom is -0.493 e. The predicted octanol–water partition coefficient (Wildman–Crippen LogP) is 4.97. The van der Waals surface area contributed by atoms with Crippen LogP contribution in [0, 0.1) is 6.92 Å². The SMILES string of the molecule is C=CCOc1c(/C=C2/SC(=S)N(c3ccc(C)cc3)C2=O)cccc1OC. The fraction of sp³-hybridized carbons (Fsp3) is 0.143. The molecule has 0 aromatic heterocycles. The number of para-hydroxylation sites is 1. The maximum atomic E-state index is 12.9. The van der Waals surface area contributed by atoms with E-state index in [1.165, 1.54) is 11.8 Å². The van der Waals surface area contributed by atoms with Crippen molar-refractivity contribution in [3.63, 3.8) is 0 Å². The summed E-state index contributed by atoms with van der Waals surface area (Å²) in [6.07, 6.45) is 3.45. The Morgan fingerprint density at radius 3 is 2.63 bits per heavy atom. The van der Waals surface area contributed by atoms with Crippen molar-refractivity contribution in [2.75, 3.05) is 18.6 Å². The molecule has 2 aromatic rings. The molecule has 3 rings (SSSR count). The molecule has 1 saturated heterocycles. The normalized spacial score (nSPS) is 15.3. The number of hydrogen-bond donors (Lipinski definition) is 0. The smallest absolute Gasteiger partial charge is 0.270 e. The monoisotopic (exact) mass is 397 g/mol. The maximum absolute atomic E-state index is 12.9. The van der Waals surface area contributed by atoms with Gasteiger partial charge in [-0.25, -0.2) is 0 Å². The van der Waals surface area contributed by atoms with E-state index < -0.39 is 0 Å². The molecule has 4 nitrogen and oxygen atoms in total. The summed E-state index contributed by atoms with van der Waals surface area (Å²) in [6.45, 7) is 6.01. The Balaban J connectivity index is 1.96. The average Bonchev–Trinajstić information content (AvgIpc) is 2.94. The first-order chi connectivity index (χ1) is 13.0. The summed E-state index contributed by atoms with van der Waals surface area (Å²) in [5, 5.41) is 0. The lowest BCUT2D eigenvalue weighted by Gasteiger charge is -2.14. The highest BCUT2D eigenvalue weighted by Gasteiger charge is 2.33. The molecule has 0 radical (unpaired) electrons. The Morgan fingerprint density at radius 2 is 1.96 bits per heavy atom. The largest absolute Gasteiger partial charge is 0.493 e. The Morgan fingerprint density at radius 1 is 1.22 bits per heavy atom. The van der Waals surface area contributed by atoms with Crippen molar-refractivity contribution in [2.24, 2.45) is 0 Å². The van der Waals surface area contributed by atoms with Crippen molar-refractivity contribution in [1.82, 2.24) is 0 Å². The van der Waals surface area contributed by atoms with Gasteiger partial charge in [0, 0.05) is 5.56 Å². The van der Waals surface area contributed by atoms with E-state index in [2.05, 4.69) is 6.58 Å². The summed E-state index contributed by atoms with van der Waals surface area (Å²) in [6, 6.07) is 13.3. The van der Waals surface area contributed by atoms with Crippen LogP contribution >= 0.6 is 24.0 Å². The number of benzene rings is 2. The third-order valence-electron chi connectivity index (χ3n) is 3.95. The van der Waals surface area contributed by atoms with Gasteiger partial charge in [0.05, 0.1) is 17.7 Å². The van der Waals surface area contributed by atoms with Crippen LogP contribution in [0.2, 0.25) is 0 Å². The molecule has 1 aliphatic heterocycles. The third-order valence-corrected chi connectivity index (χ3v) is 5.25. The highest BCUT2D eigenvalue weighted by Crippen LogP contribution is 2.39. The van der Waals surface area contributed by atoms with E-state index in [4.69, 9.17) is 21.7 Å². The standard InChI is InChI=1S/C21H19NO3S2/c1-4-12-25-19-15(6-5-7-17(19)24-3)13-18-20(23)22(21(26)27-18)16-10-8-14(2)9-11-16/h4-11,13H,1,12H2,2-3H3/b18-13+. The summed E-state index contributed by atoms with van der Waals surface area (Å²) in [7, 11) is 1.58. The van der Waals surface area contributed by atoms with E-state index in [9.17, 15) is 4.79 Å². The van der Waals surface area contributed by atoms with Crippen LogP contribution in [0.4, 0.5) is 5.69 Å². The van der Waals surface area contributed by atoms with Crippen LogP contribution in [0.5, 0.6) is 11.5 Å². The fourth-order valence-electron chi connectivity index (χ4n) is 2.63. The first-order valence-electron chi connectivity index (χ1n) is 8.30. The van der Waals surface area contributed by atoms with Crippen LogP contribution in [0.15, 0.2) is 60.0 Å². The Kier molecular flexibility index (Phi) is 5.98. The highest BCUT2D eigenvalue weighted by atomic mass is 32.2. The molecule has 27 heavy (non-hydrogen) atoms. The minimum atomic E-state index is -0.147. The maximum Gasteiger partial charge on any atom is 0.270 e. The second-order valence-corrected chi connectivity index (χ2v) is 7.51. The van der Waals surface area contributed by atoms with Crippen molar-refractivity contribution in [3.05, 3.63) is 71.2 Å². The Hall–Kier alpha value is -2.57. The van der Waals surface area contributed by atoms with Crippen molar-refractivity contribution >= 4 is 46.0 Å². The number of rotatable bonds is 6. The van der Waals surface area contributed by atoms with Crippen molar-refractivity contribution in [2.45, 2.75) is 6.92 Å². The van der Waals surface area contributed by atoms with Gasteiger partial charge in [0.25, 0.3) is 5.91 Å². The van der Waals surface area contributed by atoms with Crippen LogP contribution in [-0.4, -0.2) is 23.9 Å². The molecule has 0 bridgehead atoms. The number of carbonyl (C=O) groups is 1. The van der Waals surface area contributed by atoms with Crippen LogP contribution in [-0.2, 0) is 4.79 Å². The van der Waals surface area contributed by atoms with Crippen molar-refractivity contribution in [3.8, 4) is 11.5 Å². The number of ether oxygens (including phenoxy) is 2. The molecule has 0 N–H and O–H groups in total. The predicted molar refractivity (Wildman–Crippen MR) is 116 cm³/mol. The first kappa shape index (κ1) is 19.2. The molecule has 1 aliphatic rings. The van der Waals surface area contributed by atoms with Gasteiger partial charge in [-0.1, -0.05) is 66.5 Å². The number of thioether (sulfide) groups is 1. The second-order valence-electron chi connectivity index (χ2n) is 5.83. The summed E-state index contributed by atoms with van der Waals surface area (Å²) in [4.78, 5) is 15.0. The number of anilines is 1. The van der Waals surface area contributed by atoms with E-state index in [-0.39, 0.29) is 5.91 Å². The molecule has 0 saturated carbocycles. The van der Waals surface area contributed by atoms with E-state index in [1.54, 1.807) is 24.2 Å². The van der Waals surface area contributed by atoms with Gasteiger partial charge < -0.3 is 9.47 Å². The van der Waals surface area contributed by atoms with Crippen LogP contribution < -0.4 is 14.4 Å². The van der Waals surface area contributed by atoms with Crippen LogP contribution in [0.3, 0.4) is 0 Å². The Bertz CT molecular complexity index is 920. The molecule has 0 unspecified atom stereocenters. The number of thiocarbonyl (C=S) groups is 1. The van der Waals surface area contributed by atoms with Gasteiger partial charge in [-0.2, -0.15) is 0 Å². The first-order valence-corrected chi connectivity index (χ1v) is 9.53. The molecule has 0 aliphatic carbocycles. The lowest BCUT2D eigenvalue weighted by Crippen LogP contribution is -2.27.